The number of aliphatic carboxylic acids is 1. The van der Waals surface area contributed by atoms with Crippen molar-refractivity contribution in [3.8, 4) is 11.1 Å². The lowest BCUT2D eigenvalue weighted by Gasteiger charge is -2.14. The molecule has 0 radical (unpaired) electrons. The highest BCUT2D eigenvalue weighted by atomic mass is 16.4. The summed E-state index contributed by atoms with van der Waals surface area (Å²) in [6.45, 7) is 11.4. The quantitative estimate of drug-likeness (QED) is 0.590. The number of anilines is 1. The summed E-state index contributed by atoms with van der Waals surface area (Å²) in [5.41, 5.74) is 6.96. The van der Waals surface area contributed by atoms with E-state index in [0.717, 1.165) is 33.5 Å². The number of nitrogens with one attached hydrogen (secondary N) is 2. The molecule has 0 fully saturated rings. The van der Waals surface area contributed by atoms with Crippen LogP contribution in [0.3, 0.4) is 0 Å². The van der Waals surface area contributed by atoms with Crippen LogP contribution in [-0.2, 0) is 9.59 Å². The fourth-order valence-electron chi connectivity index (χ4n) is 3.06. The number of hydrogen-bond donors (Lipinski definition) is 3. The molecule has 3 N–H and O–H groups in total. The molecule has 2 rings (SSSR count). The van der Waals surface area contributed by atoms with Gasteiger partial charge in [-0.2, -0.15) is 0 Å². The molecule has 0 aliphatic heterocycles. The van der Waals surface area contributed by atoms with Gasteiger partial charge in [0.05, 0.1) is 0 Å². The zero-order valence-corrected chi connectivity index (χ0v) is 18.0. The highest BCUT2D eigenvalue weighted by Crippen LogP contribution is 2.29. The second kappa shape index (κ2) is 9.41. The van der Waals surface area contributed by atoms with E-state index < -0.39 is 12.0 Å². The van der Waals surface area contributed by atoms with E-state index in [2.05, 4.69) is 60.9 Å². The zero-order chi connectivity index (χ0) is 21.7. The van der Waals surface area contributed by atoms with E-state index >= 15 is 0 Å². The molecule has 0 unspecified atom stereocenters. The number of carbonyl (C=O) groups excluding carboxylic acids is 1. The molecule has 0 aliphatic rings. The van der Waals surface area contributed by atoms with E-state index in [1.165, 1.54) is 6.92 Å². The maximum Gasteiger partial charge on any atom is 0.325 e. The van der Waals surface area contributed by atoms with E-state index in [-0.39, 0.29) is 5.91 Å². The van der Waals surface area contributed by atoms with Gasteiger partial charge in [0.2, 0.25) is 5.91 Å². The van der Waals surface area contributed by atoms with Crippen molar-refractivity contribution in [2.75, 3.05) is 5.32 Å². The van der Waals surface area contributed by atoms with Crippen molar-refractivity contribution >= 4 is 23.6 Å². The van der Waals surface area contributed by atoms with Gasteiger partial charge in [0.1, 0.15) is 6.04 Å². The van der Waals surface area contributed by atoms with Crippen LogP contribution in [0.5, 0.6) is 0 Å². The average molecular weight is 395 g/mol. The number of benzene rings is 2. The molecular weight excluding hydrogens is 364 g/mol. The van der Waals surface area contributed by atoms with Crippen LogP contribution in [0.4, 0.5) is 5.69 Å². The third kappa shape index (κ3) is 5.95. The van der Waals surface area contributed by atoms with Crippen LogP contribution in [0, 0.1) is 13.8 Å². The minimum Gasteiger partial charge on any atom is -0.480 e. The SMILES string of the molecule is CC(=Cc1cc(C)c(-c2ccc(NC(C)C)cc2)cc1C)C(=O)N[C@@H](C)C(=O)O. The molecule has 2 aromatic carbocycles. The Kier molecular flexibility index (Phi) is 7.21. The van der Waals surface area contributed by atoms with Crippen LogP contribution >= 0.6 is 0 Å². The van der Waals surface area contributed by atoms with Gasteiger partial charge in [0, 0.05) is 17.3 Å². The molecule has 0 bridgehead atoms. The Morgan fingerprint density at radius 1 is 1.00 bits per heavy atom. The first-order valence-electron chi connectivity index (χ1n) is 9.78. The van der Waals surface area contributed by atoms with Gasteiger partial charge in [-0.3, -0.25) is 9.59 Å². The highest BCUT2D eigenvalue weighted by Gasteiger charge is 2.15. The fourth-order valence-corrected chi connectivity index (χ4v) is 3.06. The number of hydrogen-bond acceptors (Lipinski definition) is 3. The maximum absolute atomic E-state index is 12.2. The molecule has 2 aromatic rings. The number of carbonyl (C=O) groups is 2. The van der Waals surface area contributed by atoms with Gasteiger partial charge >= 0.3 is 5.97 Å². The number of rotatable bonds is 7. The van der Waals surface area contributed by atoms with Crippen LogP contribution in [0.15, 0.2) is 42.0 Å². The molecule has 0 spiro atoms. The minimum absolute atomic E-state index is 0.380. The molecule has 154 valence electrons. The first kappa shape index (κ1) is 22.2. The van der Waals surface area contributed by atoms with Gasteiger partial charge < -0.3 is 15.7 Å². The van der Waals surface area contributed by atoms with Gasteiger partial charge in [0.25, 0.3) is 0 Å². The molecule has 0 aliphatic carbocycles. The monoisotopic (exact) mass is 394 g/mol. The van der Waals surface area contributed by atoms with Gasteiger partial charge in [0.15, 0.2) is 0 Å². The molecule has 29 heavy (non-hydrogen) atoms. The van der Waals surface area contributed by atoms with Crippen LogP contribution in [0.25, 0.3) is 17.2 Å². The Labute approximate surface area is 172 Å². The fraction of sp³-hybridized carbons (Fsp3) is 0.333. The van der Waals surface area contributed by atoms with Crippen LogP contribution in [0.2, 0.25) is 0 Å². The molecule has 5 nitrogen and oxygen atoms in total. The Bertz CT molecular complexity index is 928. The van der Waals surface area contributed by atoms with Crippen LogP contribution < -0.4 is 10.6 Å². The summed E-state index contributed by atoms with van der Waals surface area (Å²) in [5, 5.41) is 14.8. The van der Waals surface area contributed by atoms with Gasteiger partial charge in [-0.05, 0) is 87.6 Å². The number of carboxylic acid groups (broad SMARTS) is 1. The predicted octanol–water partition coefficient (Wildman–Crippen LogP) is 4.78. The first-order valence-corrected chi connectivity index (χ1v) is 9.78. The average Bonchev–Trinajstić information content (AvgIpc) is 2.64. The van der Waals surface area contributed by atoms with Crippen LogP contribution in [0.1, 0.15) is 44.4 Å². The van der Waals surface area contributed by atoms with E-state index in [4.69, 9.17) is 5.11 Å². The lowest BCUT2D eigenvalue weighted by Crippen LogP contribution is -2.38. The molecule has 0 heterocycles. The Hall–Kier alpha value is -3.08. The van der Waals surface area contributed by atoms with Gasteiger partial charge in [-0.25, -0.2) is 0 Å². The van der Waals surface area contributed by atoms with E-state index in [1.807, 2.05) is 13.8 Å². The summed E-state index contributed by atoms with van der Waals surface area (Å²) in [6, 6.07) is 12.0. The van der Waals surface area contributed by atoms with Crippen molar-refractivity contribution in [1.82, 2.24) is 5.32 Å². The summed E-state index contributed by atoms with van der Waals surface area (Å²) < 4.78 is 0. The number of aryl methyl sites for hydroxylation is 2. The van der Waals surface area contributed by atoms with Crippen molar-refractivity contribution in [1.29, 1.82) is 0 Å². The molecule has 1 atom stereocenters. The van der Waals surface area contributed by atoms with Crippen molar-refractivity contribution in [2.45, 2.75) is 53.6 Å². The smallest absolute Gasteiger partial charge is 0.325 e. The standard InChI is InChI=1S/C24H30N2O3/c1-14(2)25-21-9-7-19(8-10-21)22-13-15(3)20(11-16(22)4)12-17(5)23(27)26-18(6)24(28)29/h7-14,18,25H,1-6H3,(H,26,27)(H,28,29)/t18-/m0/s1. The minimum atomic E-state index is -1.06. The van der Waals surface area contributed by atoms with Crippen molar-refractivity contribution in [3.05, 3.63) is 58.7 Å². The van der Waals surface area contributed by atoms with Crippen molar-refractivity contribution in [3.63, 3.8) is 0 Å². The topological polar surface area (TPSA) is 78.4 Å². The van der Waals surface area contributed by atoms with Gasteiger partial charge in [-0.15, -0.1) is 0 Å². The predicted molar refractivity (Wildman–Crippen MR) is 119 cm³/mol. The van der Waals surface area contributed by atoms with Crippen molar-refractivity contribution in [2.24, 2.45) is 0 Å². The van der Waals surface area contributed by atoms with Gasteiger partial charge in [-0.1, -0.05) is 24.3 Å². The van der Waals surface area contributed by atoms with Crippen molar-refractivity contribution < 1.29 is 14.7 Å². The molecule has 0 saturated carbocycles. The Morgan fingerprint density at radius 2 is 1.62 bits per heavy atom. The summed E-state index contributed by atoms with van der Waals surface area (Å²) >= 11 is 0. The lowest BCUT2D eigenvalue weighted by molar-refractivity contribution is -0.140. The zero-order valence-electron chi connectivity index (χ0n) is 18.0. The first-order chi connectivity index (χ1) is 13.6. The largest absolute Gasteiger partial charge is 0.480 e. The summed E-state index contributed by atoms with van der Waals surface area (Å²) in [5.74, 6) is -1.44. The molecule has 0 aromatic heterocycles. The lowest BCUT2D eigenvalue weighted by atomic mass is 9.94. The Morgan fingerprint density at radius 3 is 2.17 bits per heavy atom. The second-order valence-corrected chi connectivity index (χ2v) is 7.76. The van der Waals surface area contributed by atoms with E-state index in [1.54, 1.807) is 13.0 Å². The second-order valence-electron chi connectivity index (χ2n) is 7.76. The summed E-state index contributed by atoms with van der Waals surface area (Å²) in [6.07, 6.45) is 1.80. The van der Waals surface area contributed by atoms with E-state index in [0.29, 0.717) is 11.6 Å². The summed E-state index contributed by atoms with van der Waals surface area (Å²) in [7, 11) is 0. The number of carboxylic acids is 1. The third-order valence-corrected chi connectivity index (χ3v) is 4.71. The summed E-state index contributed by atoms with van der Waals surface area (Å²) in [4.78, 5) is 23.1. The Balaban J connectivity index is 2.27. The normalized spacial score (nSPS) is 12.6. The third-order valence-electron chi connectivity index (χ3n) is 4.71. The van der Waals surface area contributed by atoms with Crippen LogP contribution in [-0.4, -0.2) is 29.1 Å². The molecule has 1 amide bonds. The molecule has 5 heteroatoms. The number of amides is 1. The highest BCUT2D eigenvalue weighted by molar-refractivity contribution is 5.99. The van der Waals surface area contributed by atoms with E-state index in [9.17, 15) is 9.59 Å². The molecular formula is C24H30N2O3. The maximum atomic E-state index is 12.2. The molecule has 0 saturated heterocycles.